The van der Waals surface area contributed by atoms with Gasteiger partial charge in [0.2, 0.25) is 11.8 Å². The Labute approximate surface area is 174 Å². The van der Waals surface area contributed by atoms with E-state index in [0.717, 1.165) is 5.69 Å². The van der Waals surface area contributed by atoms with Crippen LogP contribution in [0.15, 0.2) is 48.5 Å². The van der Waals surface area contributed by atoms with Crippen molar-refractivity contribution in [3.63, 3.8) is 0 Å². The number of halogens is 1. The Morgan fingerprint density at radius 1 is 1.03 bits per heavy atom. The smallest absolute Gasteiger partial charge is 0.253 e. The number of nitrogens with one attached hydrogen (secondary N) is 2. The number of nitrogens with two attached hydrogens (primary N) is 1. The summed E-state index contributed by atoms with van der Waals surface area (Å²) in [5.74, 6) is -1.12. The van der Waals surface area contributed by atoms with Gasteiger partial charge in [-0.15, -0.1) is 0 Å². The van der Waals surface area contributed by atoms with E-state index in [1.54, 1.807) is 24.3 Å². The largest absolute Gasteiger partial charge is 0.370 e. The maximum absolute atomic E-state index is 12.4. The Morgan fingerprint density at radius 2 is 1.69 bits per heavy atom. The summed E-state index contributed by atoms with van der Waals surface area (Å²) in [6, 6.07) is 14.1. The van der Waals surface area contributed by atoms with Gasteiger partial charge < -0.3 is 21.3 Å². The third-order valence-electron chi connectivity index (χ3n) is 4.94. The van der Waals surface area contributed by atoms with E-state index in [0.29, 0.717) is 42.2 Å². The van der Waals surface area contributed by atoms with Crippen molar-refractivity contribution in [1.29, 1.82) is 0 Å². The fourth-order valence-corrected chi connectivity index (χ4v) is 3.58. The average molecular weight is 415 g/mol. The van der Waals surface area contributed by atoms with Gasteiger partial charge in [-0.2, -0.15) is 0 Å². The number of rotatable bonds is 6. The molecule has 1 aliphatic heterocycles. The minimum atomic E-state index is -0.410. The predicted molar refractivity (Wildman–Crippen MR) is 113 cm³/mol. The number of hydrogen-bond donors (Lipinski definition) is 3. The van der Waals surface area contributed by atoms with E-state index in [2.05, 4.69) is 15.5 Å². The third kappa shape index (κ3) is 5.26. The first-order valence-corrected chi connectivity index (χ1v) is 9.79. The van der Waals surface area contributed by atoms with E-state index in [1.807, 2.05) is 24.3 Å². The van der Waals surface area contributed by atoms with Gasteiger partial charge in [0.15, 0.2) is 0 Å². The van der Waals surface area contributed by atoms with Gasteiger partial charge >= 0.3 is 0 Å². The fourth-order valence-electron chi connectivity index (χ4n) is 3.36. The van der Waals surface area contributed by atoms with E-state index in [9.17, 15) is 14.4 Å². The molecule has 1 fully saturated rings. The van der Waals surface area contributed by atoms with Crippen molar-refractivity contribution >= 4 is 40.7 Å². The highest BCUT2D eigenvalue weighted by molar-refractivity contribution is 6.33. The van der Waals surface area contributed by atoms with E-state index in [1.165, 1.54) is 0 Å². The number of hydrogen-bond acceptors (Lipinski definition) is 4. The minimum Gasteiger partial charge on any atom is -0.370 e. The second-order valence-electron chi connectivity index (χ2n) is 6.89. The number of amides is 3. The number of piperidine rings is 1. The fraction of sp³-hybridized carbons (Fsp3) is 0.286. The molecule has 3 amide bonds. The van der Waals surface area contributed by atoms with Gasteiger partial charge in [0.25, 0.3) is 5.91 Å². The Hall–Kier alpha value is -3.06. The summed E-state index contributed by atoms with van der Waals surface area (Å²) in [5, 5.41) is 5.75. The van der Waals surface area contributed by atoms with Crippen molar-refractivity contribution < 1.29 is 14.4 Å². The van der Waals surface area contributed by atoms with E-state index in [-0.39, 0.29) is 24.3 Å². The molecule has 8 heteroatoms. The van der Waals surface area contributed by atoms with Crippen LogP contribution in [0.4, 0.5) is 11.4 Å². The zero-order valence-electron chi connectivity index (χ0n) is 15.9. The molecule has 1 heterocycles. The number of para-hydroxylation sites is 2. The maximum Gasteiger partial charge on any atom is 0.253 e. The maximum atomic E-state index is 12.4. The molecule has 152 valence electrons. The molecule has 0 aromatic heterocycles. The standard InChI is InChI=1S/C21H23ClN4O3/c22-16-6-2-1-5-15(16)21(29)24-13-19(27)25-17-7-3-4-8-18(17)26-11-9-14(10-12-26)20(23)28/h1-8,14H,9-13H2,(H2,23,28)(H,24,29)(H,25,27). The van der Waals surface area contributed by atoms with Crippen LogP contribution in [0.25, 0.3) is 0 Å². The van der Waals surface area contributed by atoms with Crippen molar-refractivity contribution in [2.24, 2.45) is 11.7 Å². The Morgan fingerprint density at radius 3 is 2.38 bits per heavy atom. The molecule has 2 aromatic rings. The third-order valence-corrected chi connectivity index (χ3v) is 5.27. The monoisotopic (exact) mass is 414 g/mol. The highest BCUT2D eigenvalue weighted by Crippen LogP contribution is 2.29. The van der Waals surface area contributed by atoms with Crippen LogP contribution in [0.2, 0.25) is 5.02 Å². The van der Waals surface area contributed by atoms with E-state index >= 15 is 0 Å². The Balaban J connectivity index is 1.59. The van der Waals surface area contributed by atoms with Crippen LogP contribution in [0, 0.1) is 5.92 Å². The summed E-state index contributed by atoms with van der Waals surface area (Å²) in [4.78, 5) is 38.1. The molecule has 1 saturated heterocycles. The molecule has 0 saturated carbocycles. The van der Waals surface area contributed by atoms with E-state index in [4.69, 9.17) is 17.3 Å². The number of carbonyl (C=O) groups excluding carboxylic acids is 3. The minimum absolute atomic E-state index is 0.104. The molecule has 3 rings (SSSR count). The second kappa shape index (κ2) is 9.43. The van der Waals surface area contributed by atoms with Gasteiger partial charge in [0.05, 0.1) is 28.5 Å². The molecule has 0 atom stereocenters. The van der Waals surface area contributed by atoms with Crippen LogP contribution in [0.3, 0.4) is 0 Å². The Bertz CT molecular complexity index is 910. The van der Waals surface area contributed by atoms with Crippen molar-refractivity contribution in [1.82, 2.24) is 5.32 Å². The molecule has 0 bridgehead atoms. The van der Waals surface area contributed by atoms with E-state index < -0.39 is 5.91 Å². The summed E-state index contributed by atoms with van der Waals surface area (Å²) >= 11 is 6.00. The first-order valence-electron chi connectivity index (χ1n) is 9.41. The lowest BCUT2D eigenvalue weighted by Crippen LogP contribution is -2.39. The zero-order chi connectivity index (χ0) is 20.8. The lowest BCUT2D eigenvalue weighted by atomic mass is 9.96. The highest BCUT2D eigenvalue weighted by Gasteiger charge is 2.24. The van der Waals surface area contributed by atoms with Crippen LogP contribution >= 0.6 is 11.6 Å². The normalized spacial score (nSPS) is 14.3. The number of anilines is 2. The molecule has 0 spiro atoms. The van der Waals surface area contributed by atoms with Crippen LogP contribution < -0.4 is 21.3 Å². The van der Waals surface area contributed by atoms with Gasteiger partial charge in [-0.05, 0) is 37.1 Å². The molecular weight excluding hydrogens is 392 g/mol. The number of benzene rings is 2. The van der Waals surface area contributed by atoms with Gasteiger partial charge in [0, 0.05) is 19.0 Å². The van der Waals surface area contributed by atoms with Crippen LogP contribution in [-0.4, -0.2) is 37.4 Å². The van der Waals surface area contributed by atoms with Crippen LogP contribution in [0.1, 0.15) is 23.2 Å². The number of carbonyl (C=O) groups is 3. The SMILES string of the molecule is NC(=O)C1CCN(c2ccccc2NC(=O)CNC(=O)c2ccccc2Cl)CC1. The van der Waals surface area contributed by atoms with Crippen LogP contribution in [0.5, 0.6) is 0 Å². The first-order chi connectivity index (χ1) is 14.0. The van der Waals surface area contributed by atoms with Crippen LogP contribution in [-0.2, 0) is 9.59 Å². The predicted octanol–water partition coefficient (Wildman–Crippen LogP) is 2.41. The summed E-state index contributed by atoms with van der Waals surface area (Å²) in [7, 11) is 0. The van der Waals surface area contributed by atoms with Gasteiger partial charge in [-0.1, -0.05) is 35.9 Å². The molecule has 0 radical (unpaired) electrons. The molecule has 7 nitrogen and oxygen atoms in total. The molecule has 29 heavy (non-hydrogen) atoms. The molecular formula is C21H23ClN4O3. The van der Waals surface area contributed by atoms with Gasteiger partial charge in [-0.3, -0.25) is 14.4 Å². The molecule has 1 aliphatic rings. The molecule has 0 unspecified atom stereocenters. The molecule has 0 aliphatic carbocycles. The number of primary amides is 1. The highest BCUT2D eigenvalue weighted by atomic mass is 35.5. The molecule has 2 aromatic carbocycles. The average Bonchev–Trinajstić information content (AvgIpc) is 2.73. The zero-order valence-corrected chi connectivity index (χ0v) is 16.6. The second-order valence-corrected chi connectivity index (χ2v) is 7.30. The topological polar surface area (TPSA) is 105 Å². The lowest BCUT2D eigenvalue weighted by molar-refractivity contribution is -0.122. The summed E-state index contributed by atoms with van der Waals surface area (Å²) in [6.45, 7) is 1.19. The van der Waals surface area contributed by atoms with Crippen molar-refractivity contribution in [3.05, 3.63) is 59.1 Å². The lowest BCUT2D eigenvalue weighted by Gasteiger charge is -2.33. The van der Waals surface area contributed by atoms with Crippen molar-refractivity contribution in [3.8, 4) is 0 Å². The number of nitrogens with zero attached hydrogens (tertiary/aromatic N) is 1. The summed E-state index contributed by atoms with van der Waals surface area (Å²) < 4.78 is 0. The Kier molecular flexibility index (Phi) is 6.72. The summed E-state index contributed by atoms with van der Waals surface area (Å²) in [6.07, 6.45) is 1.37. The van der Waals surface area contributed by atoms with Crippen molar-refractivity contribution in [2.45, 2.75) is 12.8 Å². The van der Waals surface area contributed by atoms with Crippen molar-refractivity contribution in [2.75, 3.05) is 29.9 Å². The quantitative estimate of drug-likeness (QED) is 0.675. The van der Waals surface area contributed by atoms with Gasteiger partial charge in [0.1, 0.15) is 0 Å². The van der Waals surface area contributed by atoms with Gasteiger partial charge in [-0.25, -0.2) is 0 Å². The molecule has 4 N–H and O–H groups in total. The first kappa shape index (κ1) is 20.7. The summed E-state index contributed by atoms with van der Waals surface area (Å²) in [5.41, 5.74) is 7.25.